The Bertz CT molecular complexity index is 562. The molecule has 0 aliphatic rings. The van der Waals surface area contributed by atoms with Crippen LogP contribution in [0.25, 0.3) is 0 Å². The number of hydrogen-bond donors (Lipinski definition) is 1. The van der Waals surface area contributed by atoms with Crippen LogP contribution < -0.4 is 5.32 Å². The standard InChI is InChI=1S/C15H20FN3/c1-10(13-7-5-6-8-15(13)16)17-11(2)14-9-19(4)18-12(14)3/h5-11,17H,1-4H3/t10-,11?/m1/s1. The third-order valence-corrected chi connectivity index (χ3v) is 3.39. The van der Waals surface area contributed by atoms with Crippen LogP contribution in [0.15, 0.2) is 30.5 Å². The minimum Gasteiger partial charge on any atom is -0.303 e. The third kappa shape index (κ3) is 3.01. The van der Waals surface area contributed by atoms with Gasteiger partial charge in [-0.15, -0.1) is 0 Å². The van der Waals surface area contributed by atoms with E-state index in [1.165, 1.54) is 6.07 Å². The van der Waals surface area contributed by atoms with Gasteiger partial charge < -0.3 is 5.32 Å². The topological polar surface area (TPSA) is 29.9 Å². The molecule has 1 heterocycles. The van der Waals surface area contributed by atoms with Crippen LogP contribution in [-0.4, -0.2) is 9.78 Å². The van der Waals surface area contributed by atoms with Crippen molar-refractivity contribution in [1.29, 1.82) is 0 Å². The zero-order valence-electron chi connectivity index (χ0n) is 11.8. The van der Waals surface area contributed by atoms with Crippen LogP contribution in [0, 0.1) is 12.7 Å². The van der Waals surface area contributed by atoms with E-state index >= 15 is 0 Å². The summed E-state index contributed by atoms with van der Waals surface area (Å²) in [6.45, 7) is 6.03. The van der Waals surface area contributed by atoms with E-state index in [4.69, 9.17) is 0 Å². The number of benzene rings is 1. The lowest BCUT2D eigenvalue weighted by Crippen LogP contribution is -2.23. The largest absolute Gasteiger partial charge is 0.303 e. The zero-order valence-corrected chi connectivity index (χ0v) is 11.8. The molecule has 2 aromatic rings. The molecular weight excluding hydrogens is 241 g/mol. The highest BCUT2D eigenvalue weighted by Gasteiger charge is 2.16. The van der Waals surface area contributed by atoms with E-state index in [0.717, 1.165) is 11.3 Å². The van der Waals surface area contributed by atoms with Gasteiger partial charge in [0, 0.05) is 36.5 Å². The number of nitrogens with one attached hydrogen (secondary N) is 1. The van der Waals surface area contributed by atoms with Crippen molar-refractivity contribution in [1.82, 2.24) is 15.1 Å². The van der Waals surface area contributed by atoms with Gasteiger partial charge in [-0.05, 0) is 26.8 Å². The molecule has 0 aliphatic heterocycles. The van der Waals surface area contributed by atoms with Crippen LogP contribution in [-0.2, 0) is 7.05 Å². The van der Waals surface area contributed by atoms with Gasteiger partial charge in [0.25, 0.3) is 0 Å². The van der Waals surface area contributed by atoms with Crippen LogP contribution >= 0.6 is 0 Å². The van der Waals surface area contributed by atoms with Crippen LogP contribution in [0.1, 0.15) is 42.8 Å². The lowest BCUT2D eigenvalue weighted by molar-refractivity contribution is 0.473. The fourth-order valence-electron chi connectivity index (χ4n) is 2.42. The van der Waals surface area contributed by atoms with Gasteiger partial charge in [-0.1, -0.05) is 18.2 Å². The second kappa shape index (κ2) is 5.53. The molecule has 1 aromatic heterocycles. The Balaban J connectivity index is 2.13. The smallest absolute Gasteiger partial charge is 0.127 e. The van der Waals surface area contributed by atoms with Crippen LogP contribution in [0.4, 0.5) is 4.39 Å². The molecule has 0 spiro atoms. The van der Waals surface area contributed by atoms with Crippen molar-refractivity contribution < 1.29 is 4.39 Å². The summed E-state index contributed by atoms with van der Waals surface area (Å²) in [6.07, 6.45) is 2.00. The first-order chi connectivity index (χ1) is 8.99. The summed E-state index contributed by atoms with van der Waals surface area (Å²) < 4.78 is 15.5. The van der Waals surface area contributed by atoms with Gasteiger partial charge >= 0.3 is 0 Å². The summed E-state index contributed by atoms with van der Waals surface area (Å²) in [5.41, 5.74) is 2.84. The van der Waals surface area contributed by atoms with Gasteiger partial charge in [0.15, 0.2) is 0 Å². The monoisotopic (exact) mass is 261 g/mol. The molecule has 0 saturated carbocycles. The number of hydrogen-bond acceptors (Lipinski definition) is 2. The number of rotatable bonds is 4. The normalized spacial score (nSPS) is 14.4. The molecule has 4 heteroatoms. The van der Waals surface area contributed by atoms with E-state index in [1.54, 1.807) is 10.7 Å². The van der Waals surface area contributed by atoms with Gasteiger partial charge in [0.1, 0.15) is 5.82 Å². The quantitative estimate of drug-likeness (QED) is 0.915. The van der Waals surface area contributed by atoms with Gasteiger partial charge in [0.2, 0.25) is 0 Å². The fourth-order valence-corrected chi connectivity index (χ4v) is 2.42. The van der Waals surface area contributed by atoms with Gasteiger partial charge in [-0.2, -0.15) is 5.10 Å². The molecule has 2 rings (SSSR count). The molecule has 0 amide bonds. The van der Waals surface area contributed by atoms with Crippen molar-refractivity contribution in [3.05, 3.63) is 53.1 Å². The Morgan fingerprint density at radius 1 is 1.16 bits per heavy atom. The fraction of sp³-hybridized carbons (Fsp3) is 0.400. The molecule has 3 nitrogen and oxygen atoms in total. The highest BCUT2D eigenvalue weighted by molar-refractivity contribution is 5.23. The molecule has 19 heavy (non-hydrogen) atoms. The lowest BCUT2D eigenvalue weighted by Gasteiger charge is -2.20. The Labute approximate surface area is 113 Å². The molecule has 102 valence electrons. The average molecular weight is 261 g/mol. The maximum atomic E-state index is 13.7. The summed E-state index contributed by atoms with van der Waals surface area (Å²) in [7, 11) is 1.91. The van der Waals surface area contributed by atoms with E-state index in [2.05, 4.69) is 17.3 Å². The maximum Gasteiger partial charge on any atom is 0.127 e. The van der Waals surface area contributed by atoms with E-state index in [0.29, 0.717) is 5.56 Å². The minimum atomic E-state index is -0.169. The Kier molecular flexibility index (Phi) is 4.00. The Morgan fingerprint density at radius 2 is 1.79 bits per heavy atom. The summed E-state index contributed by atoms with van der Waals surface area (Å²) >= 11 is 0. The Morgan fingerprint density at radius 3 is 2.37 bits per heavy atom. The molecule has 0 fully saturated rings. The van der Waals surface area contributed by atoms with E-state index in [9.17, 15) is 4.39 Å². The van der Waals surface area contributed by atoms with E-state index in [-0.39, 0.29) is 17.9 Å². The van der Waals surface area contributed by atoms with Crippen molar-refractivity contribution in [2.45, 2.75) is 32.9 Å². The van der Waals surface area contributed by atoms with Crippen LogP contribution in [0.2, 0.25) is 0 Å². The van der Waals surface area contributed by atoms with Gasteiger partial charge in [0.05, 0.1) is 5.69 Å². The third-order valence-electron chi connectivity index (χ3n) is 3.39. The first-order valence-corrected chi connectivity index (χ1v) is 6.49. The molecule has 1 aromatic carbocycles. The molecule has 0 saturated heterocycles. The molecular formula is C15H20FN3. The second-order valence-corrected chi connectivity index (χ2v) is 4.98. The van der Waals surface area contributed by atoms with Crippen molar-refractivity contribution in [2.75, 3.05) is 0 Å². The molecule has 0 radical (unpaired) electrons. The van der Waals surface area contributed by atoms with Crippen molar-refractivity contribution in [3.8, 4) is 0 Å². The number of nitrogens with zero attached hydrogens (tertiary/aromatic N) is 2. The summed E-state index contributed by atoms with van der Waals surface area (Å²) in [5, 5.41) is 7.75. The lowest BCUT2D eigenvalue weighted by atomic mass is 10.0. The van der Waals surface area contributed by atoms with Gasteiger partial charge in [-0.3, -0.25) is 4.68 Å². The molecule has 0 aliphatic carbocycles. The van der Waals surface area contributed by atoms with Crippen molar-refractivity contribution in [2.24, 2.45) is 7.05 Å². The predicted octanol–water partition coefficient (Wildman–Crippen LogP) is 3.28. The first kappa shape index (κ1) is 13.7. The summed E-state index contributed by atoms with van der Waals surface area (Å²) in [4.78, 5) is 0. The van der Waals surface area contributed by atoms with Gasteiger partial charge in [-0.25, -0.2) is 4.39 Å². The number of aryl methyl sites for hydroxylation is 2. The maximum absolute atomic E-state index is 13.7. The number of halogens is 1. The highest BCUT2D eigenvalue weighted by Crippen LogP contribution is 2.22. The van der Waals surface area contributed by atoms with Crippen molar-refractivity contribution in [3.63, 3.8) is 0 Å². The van der Waals surface area contributed by atoms with Crippen LogP contribution in [0.3, 0.4) is 0 Å². The molecule has 1 N–H and O–H groups in total. The predicted molar refractivity (Wildman–Crippen MR) is 74.3 cm³/mol. The number of aromatic nitrogens is 2. The minimum absolute atomic E-state index is 0.0455. The molecule has 2 atom stereocenters. The van der Waals surface area contributed by atoms with Crippen molar-refractivity contribution >= 4 is 0 Å². The van der Waals surface area contributed by atoms with Crippen LogP contribution in [0.5, 0.6) is 0 Å². The zero-order chi connectivity index (χ0) is 14.0. The molecule has 0 bridgehead atoms. The summed E-state index contributed by atoms with van der Waals surface area (Å²) in [6, 6.07) is 6.96. The Hall–Kier alpha value is -1.68. The molecule has 1 unspecified atom stereocenters. The SMILES string of the molecule is Cc1nn(C)cc1C(C)N[C@H](C)c1ccccc1F. The first-order valence-electron chi connectivity index (χ1n) is 6.49. The highest BCUT2D eigenvalue weighted by atomic mass is 19.1. The summed E-state index contributed by atoms with van der Waals surface area (Å²) in [5.74, 6) is -0.169. The van der Waals surface area contributed by atoms with E-state index < -0.39 is 0 Å². The average Bonchev–Trinajstić information content (AvgIpc) is 2.69. The van der Waals surface area contributed by atoms with E-state index in [1.807, 2.05) is 39.2 Å². The second-order valence-electron chi connectivity index (χ2n) is 4.98.